The summed E-state index contributed by atoms with van der Waals surface area (Å²) >= 11 is 4.89. The van der Waals surface area contributed by atoms with E-state index in [9.17, 15) is 4.79 Å². The van der Waals surface area contributed by atoms with E-state index in [0.717, 1.165) is 10.2 Å². The van der Waals surface area contributed by atoms with Crippen molar-refractivity contribution in [3.8, 4) is 5.75 Å². The molecule has 18 heavy (non-hydrogen) atoms. The first-order chi connectivity index (χ1) is 8.58. The topological polar surface area (TPSA) is 26.3 Å². The van der Waals surface area contributed by atoms with Gasteiger partial charge in [-0.25, -0.2) is 0 Å². The lowest BCUT2D eigenvalue weighted by Gasteiger charge is -2.10. The van der Waals surface area contributed by atoms with Crippen LogP contribution < -0.4 is 4.74 Å². The van der Waals surface area contributed by atoms with Gasteiger partial charge in [0.25, 0.3) is 0 Å². The summed E-state index contributed by atoms with van der Waals surface area (Å²) in [6.07, 6.45) is 0.100. The third kappa shape index (κ3) is 3.00. The molecule has 0 saturated heterocycles. The van der Waals surface area contributed by atoms with E-state index < -0.39 is 0 Å². The molecule has 0 aliphatic heterocycles. The fourth-order valence-electron chi connectivity index (χ4n) is 1.58. The van der Waals surface area contributed by atoms with Crippen LogP contribution in [0.1, 0.15) is 29.8 Å². The number of thiophene rings is 1. The van der Waals surface area contributed by atoms with Gasteiger partial charge in [-0.2, -0.15) is 11.3 Å². The summed E-state index contributed by atoms with van der Waals surface area (Å²) < 4.78 is 6.43. The fourth-order valence-corrected chi connectivity index (χ4v) is 3.04. The molecule has 0 fully saturated rings. The van der Waals surface area contributed by atoms with Crippen molar-refractivity contribution in [3.63, 3.8) is 0 Å². The van der Waals surface area contributed by atoms with Crippen LogP contribution in [0.3, 0.4) is 0 Å². The average molecular weight is 325 g/mol. The molecule has 0 radical (unpaired) electrons. The van der Waals surface area contributed by atoms with Crippen LogP contribution in [0.2, 0.25) is 0 Å². The molecule has 0 aliphatic rings. The van der Waals surface area contributed by atoms with Crippen LogP contribution in [0.4, 0.5) is 0 Å². The van der Waals surface area contributed by atoms with E-state index in [4.69, 9.17) is 4.74 Å². The second-order valence-electron chi connectivity index (χ2n) is 4.16. The second-order valence-corrected chi connectivity index (χ2v) is 5.75. The summed E-state index contributed by atoms with van der Waals surface area (Å²) in [5, 5.41) is 3.75. The Morgan fingerprint density at radius 1 is 1.33 bits per heavy atom. The van der Waals surface area contributed by atoms with Gasteiger partial charge in [0.1, 0.15) is 5.75 Å². The molecule has 0 unspecified atom stereocenters. The van der Waals surface area contributed by atoms with Crippen LogP contribution in [0.25, 0.3) is 0 Å². The van der Waals surface area contributed by atoms with Crippen molar-refractivity contribution in [2.45, 2.75) is 20.0 Å². The molecule has 2 nitrogen and oxygen atoms in total. The van der Waals surface area contributed by atoms with E-state index in [1.807, 2.05) is 36.7 Å². The number of hydrogen-bond donors (Lipinski definition) is 0. The van der Waals surface area contributed by atoms with E-state index in [1.54, 1.807) is 12.1 Å². The van der Waals surface area contributed by atoms with Gasteiger partial charge in [0, 0.05) is 26.4 Å². The predicted octanol–water partition coefficient (Wildman–Crippen LogP) is 4.53. The number of halogens is 1. The Bertz CT molecular complexity index is 560. The first-order valence-corrected chi connectivity index (χ1v) is 7.34. The van der Waals surface area contributed by atoms with Gasteiger partial charge < -0.3 is 4.74 Å². The first-order valence-electron chi connectivity index (χ1n) is 5.61. The van der Waals surface area contributed by atoms with Gasteiger partial charge in [0.2, 0.25) is 0 Å². The van der Waals surface area contributed by atoms with Crippen LogP contribution in [-0.2, 0) is 0 Å². The van der Waals surface area contributed by atoms with E-state index >= 15 is 0 Å². The number of hydrogen-bond acceptors (Lipinski definition) is 3. The van der Waals surface area contributed by atoms with E-state index in [1.165, 1.54) is 11.3 Å². The van der Waals surface area contributed by atoms with Crippen molar-refractivity contribution in [1.82, 2.24) is 0 Å². The molecule has 0 saturated carbocycles. The molecule has 1 aromatic heterocycles. The molecule has 2 aromatic rings. The van der Waals surface area contributed by atoms with Crippen LogP contribution >= 0.6 is 27.3 Å². The van der Waals surface area contributed by atoms with Gasteiger partial charge in [-0.05, 0) is 41.9 Å². The van der Waals surface area contributed by atoms with Crippen molar-refractivity contribution in [1.29, 1.82) is 0 Å². The summed E-state index contributed by atoms with van der Waals surface area (Å²) in [6.45, 7) is 3.92. The van der Waals surface area contributed by atoms with Gasteiger partial charge >= 0.3 is 0 Å². The maximum Gasteiger partial charge on any atom is 0.195 e. The highest BCUT2D eigenvalue weighted by molar-refractivity contribution is 9.10. The molecule has 0 bridgehead atoms. The van der Waals surface area contributed by atoms with E-state index in [0.29, 0.717) is 11.1 Å². The Kier molecular flexibility index (Phi) is 4.19. The van der Waals surface area contributed by atoms with Crippen molar-refractivity contribution >= 4 is 33.0 Å². The number of ketones is 1. The number of carbonyl (C=O) groups excluding carboxylic acids is 1. The molecule has 0 amide bonds. The molecule has 1 heterocycles. The summed E-state index contributed by atoms with van der Waals surface area (Å²) in [5.41, 5.74) is 1.34. The number of carbonyl (C=O) groups is 1. The molecular weight excluding hydrogens is 312 g/mol. The van der Waals surface area contributed by atoms with Crippen LogP contribution in [0, 0.1) is 0 Å². The Morgan fingerprint density at radius 3 is 2.72 bits per heavy atom. The van der Waals surface area contributed by atoms with Crippen LogP contribution in [-0.4, -0.2) is 11.9 Å². The summed E-state index contributed by atoms with van der Waals surface area (Å²) in [5.74, 6) is 0.736. The lowest BCUT2D eigenvalue weighted by molar-refractivity contribution is 0.103. The monoisotopic (exact) mass is 324 g/mol. The molecule has 4 heteroatoms. The Hall–Kier alpha value is -1.13. The lowest BCUT2D eigenvalue weighted by atomic mass is 10.1. The molecule has 0 atom stereocenters. The molecule has 2 rings (SSSR count). The number of rotatable bonds is 4. The van der Waals surface area contributed by atoms with Gasteiger partial charge in [-0.3, -0.25) is 4.79 Å². The minimum Gasteiger partial charge on any atom is -0.491 e. The predicted molar refractivity (Wildman–Crippen MR) is 77.7 cm³/mol. The zero-order valence-electron chi connectivity index (χ0n) is 10.1. The van der Waals surface area contributed by atoms with Gasteiger partial charge in [0.05, 0.1) is 6.10 Å². The first kappa shape index (κ1) is 13.3. The zero-order valence-corrected chi connectivity index (χ0v) is 12.5. The number of ether oxygens (including phenoxy) is 1. The fraction of sp³-hybridized carbons (Fsp3) is 0.214. The van der Waals surface area contributed by atoms with Gasteiger partial charge in [0.15, 0.2) is 5.78 Å². The molecule has 94 valence electrons. The third-order valence-electron chi connectivity index (χ3n) is 2.33. The van der Waals surface area contributed by atoms with Crippen molar-refractivity contribution < 1.29 is 9.53 Å². The Balaban J connectivity index is 2.29. The Morgan fingerprint density at radius 2 is 2.11 bits per heavy atom. The molecular formula is C14H13BrO2S. The molecule has 0 N–H and O–H groups in total. The largest absolute Gasteiger partial charge is 0.491 e. The summed E-state index contributed by atoms with van der Waals surface area (Å²) in [7, 11) is 0. The average Bonchev–Trinajstić information content (AvgIpc) is 2.74. The van der Waals surface area contributed by atoms with E-state index in [2.05, 4.69) is 15.9 Å². The van der Waals surface area contributed by atoms with Gasteiger partial charge in [-0.1, -0.05) is 12.1 Å². The minimum absolute atomic E-state index is 0.0114. The second kappa shape index (κ2) is 5.67. The zero-order chi connectivity index (χ0) is 13.1. The highest BCUT2D eigenvalue weighted by Crippen LogP contribution is 2.25. The smallest absolute Gasteiger partial charge is 0.195 e. The normalized spacial score (nSPS) is 10.7. The van der Waals surface area contributed by atoms with Crippen molar-refractivity contribution in [3.05, 3.63) is 50.6 Å². The standard InChI is InChI=1S/C14H13BrO2S/c1-9(2)17-11-5-3-4-10(6-11)14(16)12-7-18-8-13(12)15/h3-9H,1-2H3. The lowest BCUT2D eigenvalue weighted by Crippen LogP contribution is -2.07. The van der Waals surface area contributed by atoms with E-state index in [-0.39, 0.29) is 11.9 Å². The quantitative estimate of drug-likeness (QED) is 0.772. The molecule has 0 aliphatic carbocycles. The van der Waals surface area contributed by atoms with Gasteiger partial charge in [-0.15, -0.1) is 0 Å². The highest BCUT2D eigenvalue weighted by atomic mass is 79.9. The third-order valence-corrected chi connectivity index (χ3v) is 4.03. The highest BCUT2D eigenvalue weighted by Gasteiger charge is 2.14. The SMILES string of the molecule is CC(C)Oc1cccc(C(=O)c2cscc2Br)c1. The van der Waals surface area contributed by atoms with Crippen molar-refractivity contribution in [2.75, 3.05) is 0 Å². The Labute approximate surface area is 119 Å². The minimum atomic E-state index is 0.0114. The van der Waals surface area contributed by atoms with Crippen molar-refractivity contribution in [2.24, 2.45) is 0 Å². The number of benzene rings is 1. The maximum absolute atomic E-state index is 12.3. The van der Waals surface area contributed by atoms with Crippen LogP contribution in [0.15, 0.2) is 39.5 Å². The molecule has 0 spiro atoms. The maximum atomic E-state index is 12.3. The molecule has 1 aromatic carbocycles. The summed E-state index contributed by atoms with van der Waals surface area (Å²) in [6, 6.07) is 7.29. The summed E-state index contributed by atoms with van der Waals surface area (Å²) in [4.78, 5) is 12.3. The van der Waals surface area contributed by atoms with Crippen LogP contribution in [0.5, 0.6) is 5.75 Å².